The van der Waals surface area contributed by atoms with Gasteiger partial charge in [-0.25, -0.2) is 0 Å². The molecule has 0 aromatic carbocycles. The van der Waals surface area contributed by atoms with E-state index in [1.54, 1.807) is 6.20 Å². The molecule has 3 heterocycles. The first-order valence-electron chi connectivity index (χ1n) is 6.52. The molecule has 1 aromatic rings. The normalized spacial score (nSPS) is 24.7. The monoisotopic (exact) mass is 246 g/mol. The standard InChI is InChI=1S/C13H18N4O/c18-13(12-2-1-6-14-12)17-8-4-10(5-9-17)11-3-7-15-16-11/h1-3,7,10,12,14H,4-6,8-9H2,(H,15,16). The van der Waals surface area contributed by atoms with Crippen molar-refractivity contribution in [1.82, 2.24) is 20.4 Å². The molecule has 1 atom stereocenters. The van der Waals surface area contributed by atoms with Crippen molar-refractivity contribution in [3.8, 4) is 0 Å². The first kappa shape index (κ1) is 11.5. The highest BCUT2D eigenvalue weighted by Crippen LogP contribution is 2.26. The molecule has 0 aliphatic carbocycles. The van der Waals surface area contributed by atoms with E-state index in [1.165, 1.54) is 5.69 Å². The number of amides is 1. The largest absolute Gasteiger partial charge is 0.341 e. The molecule has 0 saturated carbocycles. The quantitative estimate of drug-likeness (QED) is 0.753. The highest BCUT2D eigenvalue weighted by Gasteiger charge is 2.28. The molecule has 0 radical (unpaired) electrons. The van der Waals surface area contributed by atoms with Crippen molar-refractivity contribution >= 4 is 5.91 Å². The van der Waals surface area contributed by atoms with Crippen molar-refractivity contribution in [2.24, 2.45) is 0 Å². The lowest BCUT2D eigenvalue weighted by Crippen LogP contribution is -2.46. The van der Waals surface area contributed by atoms with E-state index in [1.807, 2.05) is 23.1 Å². The first-order valence-corrected chi connectivity index (χ1v) is 6.52. The van der Waals surface area contributed by atoms with Crippen LogP contribution in [0.25, 0.3) is 0 Å². The van der Waals surface area contributed by atoms with Crippen LogP contribution in [0.15, 0.2) is 24.4 Å². The van der Waals surface area contributed by atoms with E-state index >= 15 is 0 Å². The van der Waals surface area contributed by atoms with Crippen molar-refractivity contribution < 1.29 is 4.79 Å². The molecule has 18 heavy (non-hydrogen) atoms. The van der Waals surface area contributed by atoms with Gasteiger partial charge in [0.1, 0.15) is 6.04 Å². The summed E-state index contributed by atoms with van der Waals surface area (Å²) >= 11 is 0. The third-order valence-electron chi connectivity index (χ3n) is 3.82. The van der Waals surface area contributed by atoms with Crippen LogP contribution in [0.2, 0.25) is 0 Å². The van der Waals surface area contributed by atoms with Crippen LogP contribution in [-0.2, 0) is 4.79 Å². The average Bonchev–Trinajstić information content (AvgIpc) is 3.11. The fourth-order valence-corrected chi connectivity index (χ4v) is 2.74. The molecule has 2 aliphatic rings. The number of likely N-dealkylation sites (tertiary alicyclic amines) is 1. The SMILES string of the molecule is O=C(C1C=CCN1)N1CCC(c2ccn[nH]2)CC1. The lowest BCUT2D eigenvalue weighted by Gasteiger charge is -2.32. The summed E-state index contributed by atoms with van der Waals surface area (Å²) in [7, 11) is 0. The second-order valence-corrected chi connectivity index (χ2v) is 4.93. The van der Waals surface area contributed by atoms with Gasteiger partial charge in [-0.15, -0.1) is 0 Å². The van der Waals surface area contributed by atoms with Crippen LogP contribution in [0, 0.1) is 0 Å². The summed E-state index contributed by atoms with van der Waals surface area (Å²) in [5.74, 6) is 0.732. The van der Waals surface area contributed by atoms with Gasteiger partial charge < -0.3 is 4.90 Å². The van der Waals surface area contributed by atoms with Gasteiger partial charge >= 0.3 is 0 Å². The minimum atomic E-state index is -0.103. The van der Waals surface area contributed by atoms with Crippen LogP contribution in [0.5, 0.6) is 0 Å². The van der Waals surface area contributed by atoms with E-state index < -0.39 is 0 Å². The summed E-state index contributed by atoms with van der Waals surface area (Å²) in [6, 6.07) is 1.93. The Hall–Kier alpha value is -1.62. The van der Waals surface area contributed by atoms with Crippen molar-refractivity contribution in [2.45, 2.75) is 24.8 Å². The van der Waals surface area contributed by atoms with Crippen LogP contribution in [0.3, 0.4) is 0 Å². The number of aromatic nitrogens is 2. The maximum absolute atomic E-state index is 12.2. The van der Waals surface area contributed by atoms with Crippen LogP contribution in [-0.4, -0.2) is 46.7 Å². The molecule has 0 spiro atoms. The minimum absolute atomic E-state index is 0.103. The molecule has 2 N–H and O–H groups in total. The average molecular weight is 246 g/mol. The molecule has 1 aromatic heterocycles. The molecule has 0 bridgehead atoms. The smallest absolute Gasteiger partial charge is 0.243 e. The molecule has 5 heteroatoms. The Kier molecular flexibility index (Phi) is 3.15. The zero-order valence-corrected chi connectivity index (χ0v) is 10.3. The fraction of sp³-hybridized carbons (Fsp3) is 0.538. The Bertz CT molecular complexity index is 432. The van der Waals surface area contributed by atoms with E-state index in [2.05, 4.69) is 15.5 Å². The predicted molar refractivity (Wildman–Crippen MR) is 68.1 cm³/mol. The third-order valence-corrected chi connectivity index (χ3v) is 3.82. The molecular weight excluding hydrogens is 228 g/mol. The number of hydrogen-bond donors (Lipinski definition) is 2. The second kappa shape index (κ2) is 4.94. The Morgan fingerprint density at radius 1 is 1.39 bits per heavy atom. The van der Waals surface area contributed by atoms with E-state index in [0.29, 0.717) is 5.92 Å². The summed E-state index contributed by atoms with van der Waals surface area (Å²) in [6.07, 6.45) is 7.80. The number of nitrogens with zero attached hydrogens (tertiary/aromatic N) is 2. The number of rotatable bonds is 2. The van der Waals surface area contributed by atoms with Gasteiger partial charge in [0.15, 0.2) is 0 Å². The molecule has 3 rings (SSSR count). The van der Waals surface area contributed by atoms with Gasteiger partial charge in [0.25, 0.3) is 0 Å². The zero-order valence-electron chi connectivity index (χ0n) is 10.3. The number of nitrogens with one attached hydrogen (secondary N) is 2. The highest BCUT2D eigenvalue weighted by molar-refractivity contribution is 5.84. The molecule has 1 fully saturated rings. The van der Waals surface area contributed by atoms with E-state index in [9.17, 15) is 4.79 Å². The summed E-state index contributed by atoms with van der Waals surface area (Å²) in [5, 5.41) is 10.2. The number of carbonyl (C=O) groups excluding carboxylic acids is 1. The van der Waals surface area contributed by atoms with Gasteiger partial charge in [0.2, 0.25) is 5.91 Å². The van der Waals surface area contributed by atoms with Gasteiger partial charge in [0.05, 0.1) is 0 Å². The summed E-state index contributed by atoms with van der Waals surface area (Å²) in [5.41, 5.74) is 1.20. The second-order valence-electron chi connectivity index (χ2n) is 4.93. The minimum Gasteiger partial charge on any atom is -0.341 e. The molecule has 1 amide bonds. The van der Waals surface area contributed by atoms with Gasteiger partial charge in [-0.05, 0) is 18.9 Å². The predicted octanol–water partition coefficient (Wildman–Crippen LogP) is 0.644. The first-order chi connectivity index (χ1) is 8.84. The van der Waals surface area contributed by atoms with E-state index in [4.69, 9.17) is 0 Å². The number of carbonyl (C=O) groups is 1. The Balaban J connectivity index is 1.56. The number of aromatic amines is 1. The van der Waals surface area contributed by atoms with Crippen molar-refractivity contribution in [3.05, 3.63) is 30.1 Å². The third kappa shape index (κ3) is 2.18. The number of piperidine rings is 1. The van der Waals surface area contributed by atoms with E-state index in [0.717, 1.165) is 32.5 Å². The van der Waals surface area contributed by atoms with Crippen LogP contribution >= 0.6 is 0 Å². The summed E-state index contributed by atoms with van der Waals surface area (Å²) in [6.45, 7) is 2.49. The van der Waals surface area contributed by atoms with Gasteiger partial charge in [0, 0.05) is 37.4 Å². The Labute approximate surface area is 106 Å². The van der Waals surface area contributed by atoms with Gasteiger partial charge in [-0.2, -0.15) is 5.10 Å². The maximum Gasteiger partial charge on any atom is 0.243 e. The maximum atomic E-state index is 12.2. The molecule has 1 saturated heterocycles. The van der Waals surface area contributed by atoms with Crippen LogP contribution in [0.4, 0.5) is 0 Å². The van der Waals surface area contributed by atoms with E-state index in [-0.39, 0.29) is 11.9 Å². The van der Waals surface area contributed by atoms with Crippen LogP contribution in [0.1, 0.15) is 24.5 Å². The molecule has 5 nitrogen and oxygen atoms in total. The number of H-pyrrole nitrogens is 1. The lowest BCUT2D eigenvalue weighted by molar-refractivity contribution is -0.133. The molecule has 1 unspecified atom stereocenters. The molecule has 96 valence electrons. The Morgan fingerprint density at radius 2 is 2.22 bits per heavy atom. The number of hydrogen-bond acceptors (Lipinski definition) is 3. The zero-order chi connectivity index (χ0) is 12.4. The summed E-state index contributed by atoms with van der Waals surface area (Å²) in [4.78, 5) is 14.2. The van der Waals surface area contributed by atoms with Crippen molar-refractivity contribution in [1.29, 1.82) is 0 Å². The topological polar surface area (TPSA) is 61.0 Å². The Morgan fingerprint density at radius 3 is 2.83 bits per heavy atom. The molecule has 2 aliphatic heterocycles. The van der Waals surface area contributed by atoms with Crippen molar-refractivity contribution in [3.63, 3.8) is 0 Å². The summed E-state index contributed by atoms with van der Waals surface area (Å²) < 4.78 is 0. The fourth-order valence-electron chi connectivity index (χ4n) is 2.74. The van der Waals surface area contributed by atoms with Crippen molar-refractivity contribution in [2.75, 3.05) is 19.6 Å². The van der Waals surface area contributed by atoms with Crippen LogP contribution < -0.4 is 5.32 Å². The van der Waals surface area contributed by atoms with Gasteiger partial charge in [-0.3, -0.25) is 15.2 Å². The highest BCUT2D eigenvalue weighted by atomic mass is 16.2. The lowest BCUT2D eigenvalue weighted by atomic mass is 9.93. The van der Waals surface area contributed by atoms with Gasteiger partial charge in [-0.1, -0.05) is 12.2 Å². The molecular formula is C13H18N4O.